The van der Waals surface area contributed by atoms with Gasteiger partial charge in [-0.1, -0.05) is 146 Å². The molecule has 0 bridgehead atoms. The number of nitrogens with zero attached hydrogens (tertiary/aromatic N) is 1. The molecule has 0 atom stereocenters. The van der Waals surface area contributed by atoms with E-state index in [1.165, 1.54) is 21.9 Å². The number of anilines is 3. The van der Waals surface area contributed by atoms with Crippen molar-refractivity contribution >= 4 is 71.7 Å². The average molecular weight is 704 g/mol. The van der Waals surface area contributed by atoms with Crippen molar-refractivity contribution in [2.24, 2.45) is 0 Å². The van der Waals surface area contributed by atoms with Crippen LogP contribution in [0, 0.1) is 0 Å². The van der Waals surface area contributed by atoms with Gasteiger partial charge in [0.1, 0.15) is 22.3 Å². The van der Waals surface area contributed by atoms with Crippen LogP contribution in [0.3, 0.4) is 0 Å². The molecule has 0 saturated carbocycles. The van der Waals surface area contributed by atoms with Gasteiger partial charge < -0.3 is 13.7 Å². The van der Waals surface area contributed by atoms with E-state index in [9.17, 15) is 0 Å². The third-order valence-electron chi connectivity index (χ3n) is 10.9. The predicted octanol–water partition coefficient (Wildman–Crippen LogP) is 15.1. The Balaban J connectivity index is 1.03. The van der Waals surface area contributed by atoms with Crippen molar-refractivity contribution < 1.29 is 8.83 Å². The van der Waals surface area contributed by atoms with E-state index in [0.717, 1.165) is 83.2 Å². The molecule has 0 spiro atoms. The first-order valence-corrected chi connectivity index (χ1v) is 18.7. The highest BCUT2D eigenvalue weighted by atomic mass is 16.3. The molecule has 0 unspecified atom stereocenters. The number of hydrogen-bond donors (Lipinski definition) is 0. The number of fused-ring (bicyclic) bond motifs is 7. The van der Waals surface area contributed by atoms with Crippen LogP contribution in [0.1, 0.15) is 0 Å². The summed E-state index contributed by atoms with van der Waals surface area (Å²) in [5, 5.41) is 6.89. The van der Waals surface area contributed by atoms with Crippen molar-refractivity contribution in [2.75, 3.05) is 4.90 Å². The molecule has 11 aromatic rings. The van der Waals surface area contributed by atoms with Gasteiger partial charge in [-0.25, -0.2) is 0 Å². The zero-order valence-corrected chi connectivity index (χ0v) is 29.8. The van der Waals surface area contributed by atoms with Gasteiger partial charge in [0.25, 0.3) is 0 Å². The van der Waals surface area contributed by atoms with Crippen LogP contribution in [0.15, 0.2) is 209 Å². The maximum Gasteiger partial charge on any atom is 0.143 e. The van der Waals surface area contributed by atoms with E-state index in [0.29, 0.717) is 0 Å². The third kappa shape index (κ3) is 5.20. The van der Waals surface area contributed by atoms with Crippen LogP contribution in [0.4, 0.5) is 17.1 Å². The first-order valence-electron chi connectivity index (χ1n) is 18.7. The summed E-state index contributed by atoms with van der Waals surface area (Å²) in [5.41, 5.74) is 13.6. The SMILES string of the molecule is c1ccc(-c2ccc(N(c3ccc(-c4cccc5c4oc4ccccc45)cc3)c3ccc(-c4c5ccccc5cc5c4oc4ccccc45)cc3)cc2)cc1. The molecule has 0 aliphatic heterocycles. The summed E-state index contributed by atoms with van der Waals surface area (Å²) < 4.78 is 13.0. The molecule has 2 aromatic heterocycles. The number of benzene rings is 9. The average Bonchev–Trinajstić information content (AvgIpc) is 3.82. The van der Waals surface area contributed by atoms with E-state index in [-0.39, 0.29) is 0 Å². The smallest absolute Gasteiger partial charge is 0.143 e. The molecule has 3 heteroatoms. The van der Waals surface area contributed by atoms with Gasteiger partial charge in [-0.3, -0.25) is 0 Å². The lowest BCUT2D eigenvalue weighted by molar-refractivity contribution is 0.670. The first kappa shape index (κ1) is 31.2. The molecule has 258 valence electrons. The molecule has 0 radical (unpaired) electrons. The van der Waals surface area contributed by atoms with Gasteiger partial charge in [0.2, 0.25) is 0 Å². The molecular formula is C52H33NO2. The van der Waals surface area contributed by atoms with E-state index in [4.69, 9.17) is 8.83 Å². The van der Waals surface area contributed by atoms with Gasteiger partial charge in [0.15, 0.2) is 0 Å². The van der Waals surface area contributed by atoms with E-state index in [2.05, 4.69) is 187 Å². The fraction of sp³-hybridized carbons (Fsp3) is 0. The Bertz CT molecular complexity index is 3170. The van der Waals surface area contributed by atoms with Crippen molar-refractivity contribution in [2.45, 2.75) is 0 Å². The Morgan fingerprint density at radius 2 is 0.800 bits per heavy atom. The summed E-state index contributed by atoms with van der Waals surface area (Å²) in [6, 6.07) is 70.9. The molecule has 0 saturated heterocycles. The molecule has 2 heterocycles. The van der Waals surface area contributed by atoms with Crippen molar-refractivity contribution in [1.29, 1.82) is 0 Å². The lowest BCUT2D eigenvalue weighted by Gasteiger charge is -2.26. The molecule has 11 rings (SSSR count). The Kier molecular flexibility index (Phi) is 7.17. The van der Waals surface area contributed by atoms with Crippen molar-refractivity contribution in [1.82, 2.24) is 0 Å². The number of para-hydroxylation sites is 3. The van der Waals surface area contributed by atoms with Gasteiger partial charge in [0.05, 0.1) is 0 Å². The highest BCUT2D eigenvalue weighted by molar-refractivity contribution is 6.18. The summed E-state index contributed by atoms with van der Waals surface area (Å²) in [6.45, 7) is 0. The molecular weight excluding hydrogens is 671 g/mol. The zero-order valence-electron chi connectivity index (χ0n) is 29.8. The van der Waals surface area contributed by atoms with E-state index < -0.39 is 0 Å². The predicted molar refractivity (Wildman–Crippen MR) is 229 cm³/mol. The van der Waals surface area contributed by atoms with Crippen LogP contribution in [0.5, 0.6) is 0 Å². The molecule has 3 nitrogen and oxygen atoms in total. The molecule has 0 aliphatic carbocycles. The summed E-state index contributed by atoms with van der Waals surface area (Å²) in [4.78, 5) is 2.32. The van der Waals surface area contributed by atoms with Crippen molar-refractivity contribution in [3.8, 4) is 33.4 Å². The van der Waals surface area contributed by atoms with Gasteiger partial charge in [-0.05, 0) is 87.6 Å². The summed E-state index contributed by atoms with van der Waals surface area (Å²) in [7, 11) is 0. The van der Waals surface area contributed by atoms with Crippen LogP contribution >= 0.6 is 0 Å². The van der Waals surface area contributed by atoms with Crippen LogP contribution < -0.4 is 4.90 Å². The van der Waals surface area contributed by atoms with Crippen molar-refractivity contribution in [3.05, 3.63) is 200 Å². The van der Waals surface area contributed by atoms with Gasteiger partial charge in [0, 0.05) is 49.7 Å². The zero-order chi connectivity index (χ0) is 36.3. The van der Waals surface area contributed by atoms with Crippen LogP contribution in [-0.4, -0.2) is 0 Å². The molecule has 9 aromatic carbocycles. The quantitative estimate of drug-likeness (QED) is 0.173. The molecule has 0 amide bonds. The maximum atomic E-state index is 6.58. The minimum absolute atomic E-state index is 0.899. The number of hydrogen-bond acceptors (Lipinski definition) is 3. The Morgan fingerprint density at radius 3 is 1.47 bits per heavy atom. The minimum atomic E-state index is 0.899. The second-order valence-corrected chi connectivity index (χ2v) is 14.1. The second kappa shape index (κ2) is 12.6. The lowest BCUT2D eigenvalue weighted by Crippen LogP contribution is -2.09. The van der Waals surface area contributed by atoms with Crippen LogP contribution in [0.25, 0.3) is 88.0 Å². The Labute approximate surface area is 317 Å². The molecule has 0 N–H and O–H groups in total. The van der Waals surface area contributed by atoms with Crippen LogP contribution in [-0.2, 0) is 0 Å². The second-order valence-electron chi connectivity index (χ2n) is 14.1. The van der Waals surface area contributed by atoms with Gasteiger partial charge >= 0.3 is 0 Å². The largest absolute Gasteiger partial charge is 0.455 e. The molecule has 55 heavy (non-hydrogen) atoms. The van der Waals surface area contributed by atoms with Crippen molar-refractivity contribution in [3.63, 3.8) is 0 Å². The monoisotopic (exact) mass is 703 g/mol. The Hall–Kier alpha value is -7.36. The lowest BCUT2D eigenvalue weighted by atomic mass is 9.95. The number of rotatable bonds is 6. The van der Waals surface area contributed by atoms with Crippen LogP contribution in [0.2, 0.25) is 0 Å². The first-order chi connectivity index (χ1) is 27.3. The van der Waals surface area contributed by atoms with E-state index in [1.807, 2.05) is 18.2 Å². The normalized spacial score (nSPS) is 11.6. The third-order valence-corrected chi connectivity index (χ3v) is 10.9. The van der Waals surface area contributed by atoms with Gasteiger partial charge in [-0.2, -0.15) is 0 Å². The summed E-state index contributed by atoms with van der Waals surface area (Å²) in [5.74, 6) is 0. The standard InChI is InChI=1S/C52H33NO2/c1-2-11-34(12-3-1)35-21-27-39(28-22-35)53(40-29-23-36(24-30-40)43-17-10-18-46-44-15-6-8-19-48(44)54-51(43)46)41-31-25-37(26-32-41)50-42-14-5-4-13-38(42)33-47-45-16-7-9-20-49(45)55-52(47)50/h1-33H. The molecule has 0 fully saturated rings. The highest BCUT2D eigenvalue weighted by Crippen LogP contribution is 2.43. The number of furan rings is 2. The highest BCUT2D eigenvalue weighted by Gasteiger charge is 2.19. The fourth-order valence-electron chi connectivity index (χ4n) is 8.23. The summed E-state index contributed by atoms with van der Waals surface area (Å²) >= 11 is 0. The summed E-state index contributed by atoms with van der Waals surface area (Å²) in [6.07, 6.45) is 0. The topological polar surface area (TPSA) is 29.5 Å². The van der Waals surface area contributed by atoms with E-state index >= 15 is 0 Å². The van der Waals surface area contributed by atoms with Gasteiger partial charge in [-0.15, -0.1) is 0 Å². The maximum absolute atomic E-state index is 6.58. The minimum Gasteiger partial charge on any atom is -0.455 e. The van der Waals surface area contributed by atoms with E-state index in [1.54, 1.807) is 0 Å². The fourth-order valence-corrected chi connectivity index (χ4v) is 8.23. The molecule has 0 aliphatic rings. The Morgan fingerprint density at radius 1 is 0.309 bits per heavy atom.